The molecule has 7 nitrogen and oxygen atoms in total. The minimum absolute atomic E-state index is 0.0326. The molecule has 1 saturated heterocycles. The molecule has 1 aromatic heterocycles. The van der Waals surface area contributed by atoms with Crippen LogP contribution in [0.2, 0.25) is 0 Å². The van der Waals surface area contributed by atoms with Crippen molar-refractivity contribution in [3.8, 4) is 0 Å². The summed E-state index contributed by atoms with van der Waals surface area (Å²) in [4.78, 5) is 25.5. The number of rotatable bonds is 4. The van der Waals surface area contributed by atoms with E-state index in [2.05, 4.69) is 14.6 Å². The summed E-state index contributed by atoms with van der Waals surface area (Å²) >= 11 is 1.22. The number of carbonyl (C=O) groups is 2. The maximum Gasteiger partial charge on any atom is 0.258 e. The molecule has 1 aliphatic rings. The molecule has 0 unspecified atom stereocenters. The predicted octanol–water partition coefficient (Wildman–Crippen LogP) is 0.565. The van der Waals surface area contributed by atoms with Crippen molar-refractivity contribution in [3.05, 3.63) is 5.56 Å². The van der Waals surface area contributed by atoms with E-state index in [1.54, 1.807) is 0 Å². The maximum absolute atomic E-state index is 12.2. The van der Waals surface area contributed by atoms with Gasteiger partial charge in [0.2, 0.25) is 5.91 Å². The summed E-state index contributed by atoms with van der Waals surface area (Å²) in [5.41, 5.74) is 11.6. The normalized spacial score (nSPS) is 16.2. The van der Waals surface area contributed by atoms with Crippen molar-refractivity contribution < 1.29 is 9.59 Å². The van der Waals surface area contributed by atoms with Gasteiger partial charge < -0.3 is 21.7 Å². The lowest BCUT2D eigenvalue weighted by atomic mass is 9.96. The third-order valence-corrected chi connectivity index (χ3v) is 4.46. The molecule has 2 heterocycles. The lowest BCUT2D eigenvalue weighted by Crippen LogP contribution is -2.39. The van der Waals surface area contributed by atoms with E-state index >= 15 is 0 Å². The Hall–Kier alpha value is -1.83. The number of aromatic nitrogens is 1. The summed E-state index contributed by atoms with van der Waals surface area (Å²) in [6.07, 6.45) is 1.39. The molecule has 0 aliphatic carbocycles. The molecule has 21 heavy (non-hydrogen) atoms. The molecular formula is C13H21N5O2S. The molecule has 0 atom stereocenters. The molecule has 0 spiro atoms. The Morgan fingerprint density at radius 1 is 1.38 bits per heavy atom. The largest absolute Gasteiger partial charge is 0.382 e. The second-order valence-electron chi connectivity index (χ2n) is 5.54. The predicted molar refractivity (Wildman–Crippen MR) is 83.3 cm³/mol. The third kappa shape index (κ3) is 3.44. The molecule has 1 aliphatic heterocycles. The van der Waals surface area contributed by atoms with Gasteiger partial charge in [0.25, 0.3) is 5.91 Å². The van der Waals surface area contributed by atoms with Crippen molar-refractivity contribution in [1.82, 2.24) is 9.69 Å². The van der Waals surface area contributed by atoms with Crippen LogP contribution >= 0.6 is 11.5 Å². The number of nitrogens with one attached hydrogen (secondary N) is 1. The van der Waals surface area contributed by atoms with E-state index in [-0.39, 0.29) is 29.6 Å². The van der Waals surface area contributed by atoms with Crippen LogP contribution in [-0.2, 0) is 4.79 Å². The molecule has 0 saturated carbocycles. The topological polar surface area (TPSA) is 114 Å². The van der Waals surface area contributed by atoms with Crippen molar-refractivity contribution in [2.75, 3.05) is 23.7 Å². The summed E-state index contributed by atoms with van der Waals surface area (Å²) in [6, 6.07) is 0.0326. The average molecular weight is 311 g/mol. The fraction of sp³-hybridized carbons (Fsp3) is 0.615. The van der Waals surface area contributed by atoms with E-state index in [9.17, 15) is 9.59 Å². The van der Waals surface area contributed by atoms with Crippen LogP contribution in [0, 0.1) is 5.92 Å². The monoisotopic (exact) mass is 311 g/mol. The van der Waals surface area contributed by atoms with Crippen LogP contribution in [-0.4, -0.2) is 35.3 Å². The van der Waals surface area contributed by atoms with Gasteiger partial charge in [-0.15, -0.1) is 0 Å². The summed E-state index contributed by atoms with van der Waals surface area (Å²) in [5.74, 6) is -0.288. The SMILES string of the molecule is CC(C)NC(=O)c1c(N)nsc1N1CCC(C(N)=O)CC1. The van der Waals surface area contributed by atoms with E-state index < -0.39 is 0 Å². The van der Waals surface area contributed by atoms with Gasteiger partial charge in [0, 0.05) is 25.0 Å². The Balaban J connectivity index is 2.15. The number of hydrogen-bond acceptors (Lipinski definition) is 6. The van der Waals surface area contributed by atoms with E-state index in [0.29, 0.717) is 31.5 Å². The zero-order valence-electron chi connectivity index (χ0n) is 12.3. The Labute approximate surface area is 127 Å². The molecule has 116 valence electrons. The molecule has 0 bridgehead atoms. The highest BCUT2D eigenvalue weighted by Crippen LogP contribution is 2.33. The Morgan fingerprint density at radius 2 is 2.00 bits per heavy atom. The van der Waals surface area contributed by atoms with Crippen LogP contribution < -0.4 is 21.7 Å². The van der Waals surface area contributed by atoms with Crippen LogP contribution in [0.4, 0.5) is 10.8 Å². The van der Waals surface area contributed by atoms with Gasteiger partial charge in [-0.1, -0.05) is 0 Å². The molecule has 2 rings (SSSR count). The van der Waals surface area contributed by atoms with E-state index in [1.807, 2.05) is 13.8 Å². The minimum Gasteiger partial charge on any atom is -0.382 e. The molecule has 0 radical (unpaired) electrons. The van der Waals surface area contributed by atoms with Crippen molar-refractivity contribution in [2.45, 2.75) is 32.7 Å². The number of primary amides is 1. The first-order chi connectivity index (χ1) is 9.90. The number of amides is 2. The van der Waals surface area contributed by atoms with Crippen LogP contribution in [0.1, 0.15) is 37.0 Å². The number of nitrogens with two attached hydrogens (primary N) is 2. The van der Waals surface area contributed by atoms with Crippen molar-refractivity contribution in [1.29, 1.82) is 0 Å². The van der Waals surface area contributed by atoms with E-state index in [0.717, 1.165) is 5.00 Å². The number of piperidine rings is 1. The van der Waals surface area contributed by atoms with Crippen molar-refractivity contribution >= 4 is 34.2 Å². The van der Waals surface area contributed by atoms with Gasteiger partial charge in [-0.3, -0.25) is 9.59 Å². The van der Waals surface area contributed by atoms with Crippen LogP contribution in [0.25, 0.3) is 0 Å². The lowest BCUT2D eigenvalue weighted by molar-refractivity contribution is -0.122. The number of carbonyl (C=O) groups excluding carboxylic acids is 2. The Bertz CT molecular complexity index is 535. The Kier molecular flexibility index (Phi) is 4.66. The van der Waals surface area contributed by atoms with Gasteiger partial charge in [0.15, 0.2) is 5.82 Å². The van der Waals surface area contributed by atoms with Gasteiger partial charge in [-0.25, -0.2) is 0 Å². The third-order valence-electron chi connectivity index (χ3n) is 3.53. The quantitative estimate of drug-likeness (QED) is 0.752. The first-order valence-electron chi connectivity index (χ1n) is 7.00. The number of anilines is 2. The molecule has 1 aromatic rings. The average Bonchev–Trinajstić information content (AvgIpc) is 2.80. The summed E-state index contributed by atoms with van der Waals surface area (Å²) in [5, 5.41) is 3.61. The molecular weight excluding hydrogens is 290 g/mol. The highest BCUT2D eigenvalue weighted by Gasteiger charge is 2.28. The minimum atomic E-state index is -0.253. The van der Waals surface area contributed by atoms with Crippen molar-refractivity contribution in [3.63, 3.8) is 0 Å². The molecule has 0 aromatic carbocycles. The Morgan fingerprint density at radius 3 is 2.52 bits per heavy atom. The number of nitrogens with zero attached hydrogens (tertiary/aromatic N) is 2. The zero-order chi connectivity index (χ0) is 15.6. The second kappa shape index (κ2) is 6.30. The summed E-state index contributed by atoms with van der Waals surface area (Å²) in [6.45, 7) is 5.15. The zero-order valence-corrected chi connectivity index (χ0v) is 13.1. The molecule has 2 amide bonds. The highest BCUT2D eigenvalue weighted by atomic mass is 32.1. The van der Waals surface area contributed by atoms with Gasteiger partial charge in [0.05, 0.1) is 0 Å². The lowest BCUT2D eigenvalue weighted by Gasteiger charge is -2.31. The van der Waals surface area contributed by atoms with Gasteiger partial charge in [-0.05, 0) is 38.2 Å². The fourth-order valence-electron chi connectivity index (χ4n) is 2.42. The summed E-state index contributed by atoms with van der Waals surface area (Å²) < 4.78 is 4.10. The van der Waals surface area contributed by atoms with E-state index in [4.69, 9.17) is 11.5 Å². The molecule has 8 heteroatoms. The maximum atomic E-state index is 12.2. The number of hydrogen-bond donors (Lipinski definition) is 3. The molecule has 5 N–H and O–H groups in total. The first-order valence-corrected chi connectivity index (χ1v) is 7.77. The van der Waals surface area contributed by atoms with Crippen molar-refractivity contribution in [2.24, 2.45) is 11.7 Å². The van der Waals surface area contributed by atoms with Gasteiger partial charge in [-0.2, -0.15) is 4.37 Å². The van der Waals surface area contributed by atoms with Gasteiger partial charge >= 0.3 is 0 Å². The van der Waals surface area contributed by atoms with Crippen LogP contribution in [0.5, 0.6) is 0 Å². The smallest absolute Gasteiger partial charge is 0.258 e. The van der Waals surface area contributed by atoms with Gasteiger partial charge in [0.1, 0.15) is 10.6 Å². The second-order valence-corrected chi connectivity index (χ2v) is 6.29. The first kappa shape index (κ1) is 15.6. The van der Waals surface area contributed by atoms with Crippen LogP contribution in [0.15, 0.2) is 0 Å². The summed E-state index contributed by atoms with van der Waals surface area (Å²) in [7, 11) is 0. The van der Waals surface area contributed by atoms with E-state index in [1.165, 1.54) is 11.5 Å². The highest BCUT2D eigenvalue weighted by molar-refractivity contribution is 7.11. The number of nitrogen functional groups attached to an aromatic ring is 1. The standard InChI is InChI=1S/C13H21N5O2S/c1-7(2)16-12(20)9-10(14)17-21-13(9)18-5-3-8(4-6-18)11(15)19/h7-8H,3-6H2,1-2H3,(H2,14,17)(H2,15,19)(H,16,20). The van der Waals surface area contributed by atoms with Crippen LogP contribution in [0.3, 0.4) is 0 Å². The molecule has 1 fully saturated rings. The fourth-order valence-corrected chi connectivity index (χ4v) is 3.29.